The van der Waals surface area contributed by atoms with E-state index in [1.165, 1.54) is 0 Å². The summed E-state index contributed by atoms with van der Waals surface area (Å²) in [6, 6.07) is 0. The van der Waals surface area contributed by atoms with Gasteiger partial charge in [-0.1, -0.05) is 6.58 Å². The molecule has 3 heteroatoms. The van der Waals surface area contributed by atoms with Crippen LogP contribution in [0.5, 0.6) is 0 Å². The van der Waals surface area contributed by atoms with Gasteiger partial charge in [0.05, 0.1) is 0 Å². The second kappa shape index (κ2) is 11.0. The maximum Gasteiger partial charge on any atom is 0.327 e. The molecule has 3 nitrogen and oxygen atoms in total. The molecule has 0 amide bonds. The lowest BCUT2D eigenvalue weighted by atomic mass is 10.7. The quantitative estimate of drug-likeness (QED) is 0.610. The average Bonchev–Trinajstić information content (AvgIpc) is 1.91. The Morgan fingerprint density at radius 3 is 1.90 bits per heavy atom. The molecule has 0 aliphatic carbocycles. The summed E-state index contributed by atoms with van der Waals surface area (Å²) in [6.07, 6.45) is 0.833. The second-order valence-corrected chi connectivity index (χ2v) is 1.32. The molecule has 0 unspecified atom stereocenters. The number of rotatable bonds is 3. The van der Waals surface area contributed by atoms with Crippen LogP contribution in [0.25, 0.3) is 0 Å². The first-order valence-electron chi connectivity index (χ1n) is 3.12. The Hall–Kier alpha value is -0.830. The number of ether oxygens (including phenoxy) is 1. The van der Waals surface area contributed by atoms with Crippen LogP contribution in [0.3, 0.4) is 0 Å². The molecule has 1 N–H and O–H groups in total. The highest BCUT2D eigenvalue weighted by Gasteiger charge is 1.73. The first kappa shape index (κ1) is 11.9. The van der Waals surface area contributed by atoms with Crippen LogP contribution in [0.4, 0.5) is 0 Å². The molecule has 0 saturated heterocycles. The van der Waals surface area contributed by atoms with E-state index in [-0.39, 0.29) is 0 Å². The predicted molar refractivity (Wildman–Crippen MR) is 40.0 cm³/mol. The molecule has 0 radical (unpaired) electrons. The van der Waals surface area contributed by atoms with Gasteiger partial charge in [0.15, 0.2) is 0 Å². The Morgan fingerprint density at radius 1 is 1.60 bits per heavy atom. The molecule has 0 rings (SSSR count). The Balaban J connectivity index is 0. The minimum Gasteiger partial charge on any atom is -0.478 e. The van der Waals surface area contributed by atoms with Gasteiger partial charge in [-0.15, -0.1) is 0 Å². The van der Waals surface area contributed by atoms with E-state index in [9.17, 15) is 4.79 Å². The number of carboxylic acid groups (broad SMARTS) is 1. The Kier molecular flexibility index (Phi) is 13.1. The summed E-state index contributed by atoms with van der Waals surface area (Å²) in [6.45, 7) is 8.63. The summed E-state index contributed by atoms with van der Waals surface area (Å²) < 4.78 is 4.83. The molecular formula is C7H14O3. The van der Waals surface area contributed by atoms with Crippen LogP contribution in [-0.2, 0) is 9.53 Å². The fraction of sp³-hybridized carbons (Fsp3) is 0.571. The van der Waals surface area contributed by atoms with Crippen LogP contribution in [-0.4, -0.2) is 24.3 Å². The molecule has 0 bridgehead atoms. The van der Waals surface area contributed by atoms with Crippen LogP contribution in [0.15, 0.2) is 12.7 Å². The summed E-state index contributed by atoms with van der Waals surface area (Å²) >= 11 is 0. The van der Waals surface area contributed by atoms with Crippen molar-refractivity contribution < 1.29 is 14.6 Å². The molecule has 0 aromatic rings. The largest absolute Gasteiger partial charge is 0.478 e. The summed E-state index contributed by atoms with van der Waals surface area (Å²) in [4.78, 5) is 9.25. The average molecular weight is 146 g/mol. The minimum absolute atomic E-state index is 0.833. The van der Waals surface area contributed by atoms with Gasteiger partial charge in [-0.2, -0.15) is 0 Å². The fourth-order valence-corrected chi connectivity index (χ4v) is 0.204. The fourth-order valence-electron chi connectivity index (χ4n) is 0.204. The molecule has 0 heterocycles. The molecule has 10 heavy (non-hydrogen) atoms. The van der Waals surface area contributed by atoms with E-state index in [1.807, 2.05) is 13.8 Å². The van der Waals surface area contributed by atoms with Crippen molar-refractivity contribution in [2.75, 3.05) is 13.2 Å². The van der Waals surface area contributed by atoms with Crippen LogP contribution in [0, 0.1) is 0 Å². The zero-order valence-electron chi connectivity index (χ0n) is 6.46. The molecule has 0 spiro atoms. The minimum atomic E-state index is -0.981. The second-order valence-electron chi connectivity index (χ2n) is 1.32. The van der Waals surface area contributed by atoms with E-state index in [0.717, 1.165) is 19.3 Å². The van der Waals surface area contributed by atoms with Gasteiger partial charge >= 0.3 is 5.97 Å². The van der Waals surface area contributed by atoms with Gasteiger partial charge in [-0.3, -0.25) is 0 Å². The van der Waals surface area contributed by atoms with E-state index < -0.39 is 5.97 Å². The van der Waals surface area contributed by atoms with Crippen molar-refractivity contribution in [3.05, 3.63) is 12.7 Å². The zero-order valence-corrected chi connectivity index (χ0v) is 6.46. The lowest BCUT2D eigenvalue weighted by Gasteiger charge is -1.86. The third kappa shape index (κ3) is 27.2. The molecule has 0 aliphatic heterocycles. The van der Waals surface area contributed by atoms with Crippen molar-refractivity contribution in [3.8, 4) is 0 Å². The smallest absolute Gasteiger partial charge is 0.327 e. The van der Waals surface area contributed by atoms with Crippen LogP contribution in [0.1, 0.15) is 13.8 Å². The van der Waals surface area contributed by atoms with Gasteiger partial charge in [0, 0.05) is 19.3 Å². The summed E-state index contributed by atoms with van der Waals surface area (Å²) in [5.74, 6) is -0.981. The highest BCUT2D eigenvalue weighted by atomic mass is 16.5. The lowest BCUT2D eigenvalue weighted by Crippen LogP contribution is -1.84. The summed E-state index contributed by atoms with van der Waals surface area (Å²) in [7, 11) is 0. The molecule has 0 fully saturated rings. The molecular weight excluding hydrogens is 132 g/mol. The van der Waals surface area contributed by atoms with Crippen LogP contribution in [0.2, 0.25) is 0 Å². The maximum absolute atomic E-state index is 9.25. The van der Waals surface area contributed by atoms with Crippen molar-refractivity contribution in [2.24, 2.45) is 0 Å². The maximum atomic E-state index is 9.25. The van der Waals surface area contributed by atoms with Gasteiger partial charge in [-0.05, 0) is 13.8 Å². The standard InChI is InChI=1S/C4H10O.C3H4O2/c1-3-5-4-2;1-2-3(4)5/h3-4H2,1-2H3;2H,1H2,(H,4,5). The molecule has 0 aromatic carbocycles. The number of aliphatic carboxylic acids is 1. The molecule has 0 aromatic heterocycles. The Labute approximate surface area is 61.3 Å². The number of hydrogen-bond donors (Lipinski definition) is 1. The van der Waals surface area contributed by atoms with Gasteiger partial charge < -0.3 is 9.84 Å². The molecule has 0 aliphatic rings. The normalized spacial score (nSPS) is 7.40. The highest BCUT2D eigenvalue weighted by Crippen LogP contribution is 1.64. The van der Waals surface area contributed by atoms with Crippen LogP contribution >= 0.6 is 0 Å². The van der Waals surface area contributed by atoms with E-state index in [4.69, 9.17) is 9.84 Å². The van der Waals surface area contributed by atoms with E-state index in [0.29, 0.717) is 0 Å². The third-order valence-electron chi connectivity index (χ3n) is 0.583. The van der Waals surface area contributed by atoms with Crippen molar-refractivity contribution in [1.82, 2.24) is 0 Å². The zero-order chi connectivity index (χ0) is 8.41. The Bertz CT molecular complexity index is 86.9. The van der Waals surface area contributed by atoms with Crippen molar-refractivity contribution in [2.45, 2.75) is 13.8 Å². The SMILES string of the molecule is C=CC(=O)O.CCOCC. The summed E-state index contributed by atoms with van der Waals surface area (Å²) in [5.41, 5.74) is 0. The lowest BCUT2D eigenvalue weighted by molar-refractivity contribution is -0.131. The number of carboxylic acids is 1. The van der Waals surface area contributed by atoms with Gasteiger partial charge in [0.1, 0.15) is 0 Å². The first-order chi connectivity index (χ1) is 4.68. The van der Waals surface area contributed by atoms with Crippen molar-refractivity contribution >= 4 is 5.97 Å². The predicted octanol–water partition coefficient (Wildman–Crippen LogP) is 1.30. The third-order valence-corrected chi connectivity index (χ3v) is 0.583. The van der Waals surface area contributed by atoms with Crippen LogP contribution < -0.4 is 0 Å². The van der Waals surface area contributed by atoms with Gasteiger partial charge in [0.2, 0.25) is 0 Å². The van der Waals surface area contributed by atoms with Crippen molar-refractivity contribution in [1.29, 1.82) is 0 Å². The number of carbonyl (C=O) groups is 1. The highest BCUT2D eigenvalue weighted by molar-refractivity contribution is 5.78. The first-order valence-corrected chi connectivity index (χ1v) is 3.12. The molecule has 60 valence electrons. The van der Waals surface area contributed by atoms with E-state index in [2.05, 4.69) is 6.58 Å². The van der Waals surface area contributed by atoms with Crippen molar-refractivity contribution in [3.63, 3.8) is 0 Å². The topological polar surface area (TPSA) is 46.5 Å². The van der Waals surface area contributed by atoms with E-state index in [1.54, 1.807) is 0 Å². The van der Waals surface area contributed by atoms with E-state index >= 15 is 0 Å². The molecule has 0 saturated carbocycles. The van der Waals surface area contributed by atoms with Gasteiger partial charge in [0.25, 0.3) is 0 Å². The monoisotopic (exact) mass is 146 g/mol. The van der Waals surface area contributed by atoms with Gasteiger partial charge in [-0.25, -0.2) is 4.79 Å². The molecule has 0 atom stereocenters. The number of hydrogen-bond acceptors (Lipinski definition) is 2. The Morgan fingerprint density at radius 2 is 1.90 bits per heavy atom. The summed E-state index contributed by atoms with van der Waals surface area (Å²) in [5, 5.41) is 7.60.